The van der Waals surface area contributed by atoms with Crippen molar-refractivity contribution in [3.05, 3.63) is 35.4 Å². The molecule has 2 heterocycles. The van der Waals surface area contributed by atoms with E-state index < -0.39 is 24.0 Å². The highest BCUT2D eigenvalue weighted by atomic mass is 16.4. The number of rotatable bonds is 6. The Balaban J connectivity index is 1.58. The van der Waals surface area contributed by atoms with E-state index in [4.69, 9.17) is 0 Å². The maximum atomic E-state index is 12.4. The third-order valence-corrected chi connectivity index (χ3v) is 5.45. The molecule has 2 atom stereocenters. The van der Waals surface area contributed by atoms with Gasteiger partial charge in [0.15, 0.2) is 0 Å². The first kappa shape index (κ1) is 19.9. The Kier molecular flexibility index (Phi) is 5.96. The molecular formula is C20H24N2O6. The normalized spacial score (nSPS) is 21.7. The maximum Gasteiger partial charge on any atom is 0.326 e. The van der Waals surface area contributed by atoms with Crippen molar-refractivity contribution in [1.82, 2.24) is 9.80 Å². The molecule has 0 radical (unpaired) electrons. The van der Waals surface area contributed by atoms with Gasteiger partial charge in [-0.15, -0.1) is 0 Å². The summed E-state index contributed by atoms with van der Waals surface area (Å²) in [6.07, 6.45) is 2.58. The Morgan fingerprint density at radius 1 is 0.750 bits per heavy atom. The first-order chi connectivity index (χ1) is 13.4. The Hall–Kier alpha value is -2.90. The second kappa shape index (κ2) is 8.41. The number of amides is 2. The lowest BCUT2D eigenvalue weighted by atomic mass is 10.1. The monoisotopic (exact) mass is 388 g/mol. The van der Waals surface area contributed by atoms with Gasteiger partial charge in [0.2, 0.25) is 11.8 Å². The molecule has 28 heavy (non-hydrogen) atoms. The first-order valence-electron chi connectivity index (χ1n) is 9.49. The van der Waals surface area contributed by atoms with Crippen LogP contribution in [0.2, 0.25) is 0 Å². The van der Waals surface area contributed by atoms with Crippen LogP contribution >= 0.6 is 0 Å². The summed E-state index contributed by atoms with van der Waals surface area (Å²) in [4.78, 5) is 50.1. The summed E-state index contributed by atoms with van der Waals surface area (Å²) in [5.74, 6) is -2.37. The van der Waals surface area contributed by atoms with Crippen LogP contribution in [0.5, 0.6) is 0 Å². The SMILES string of the molecule is O=C(O)C1CCCN1C(=O)Cc1ccc(CC(=O)N2CCCC2C(=O)O)cc1. The molecule has 2 amide bonds. The molecule has 0 spiro atoms. The Labute approximate surface area is 162 Å². The van der Waals surface area contributed by atoms with Gasteiger partial charge in [-0.2, -0.15) is 0 Å². The van der Waals surface area contributed by atoms with Crippen molar-refractivity contribution < 1.29 is 29.4 Å². The minimum Gasteiger partial charge on any atom is -0.480 e. The van der Waals surface area contributed by atoms with Crippen LogP contribution in [0.15, 0.2) is 24.3 Å². The molecule has 2 fully saturated rings. The van der Waals surface area contributed by atoms with Crippen molar-refractivity contribution in [2.24, 2.45) is 0 Å². The van der Waals surface area contributed by atoms with E-state index in [-0.39, 0.29) is 24.7 Å². The van der Waals surface area contributed by atoms with Crippen molar-refractivity contribution in [3.63, 3.8) is 0 Å². The average molecular weight is 388 g/mol. The number of hydrogen-bond acceptors (Lipinski definition) is 4. The van der Waals surface area contributed by atoms with Gasteiger partial charge in [-0.3, -0.25) is 9.59 Å². The number of carbonyl (C=O) groups excluding carboxylic acids is 2. The molecule has 2 saturated heterocycles. The Morgan fingerprint density at radius 2 is 1.11 bits per heavy atom. The predicted molar refractivity (Wildman–Crippen MR) is 98.6 cm³/mol. The summed E-state index contributed by atoms with van der Waals surface area (Å²) in [7, 11) is 0. The smallest absolute Gasteiger partial charge is 0.326 e. The predicted octanol–water partition coefficient (Wildman–Crippen LogP) is 0.923. The molecule has 2 unspecified atom stereocenters. The second-order valence-corrected chi connectivity index (χ2v) is 7.34. The molecule has 1 aromatic carbocycles. The molecular weight excluding hydrogens is 364 g/mol. The molecule has 2 N–H and O–H groups in total. The van der Waals surface area contributed by atoms with Crippen LogP contribution in [0.25, 0.3) is 0 Å². The topological polar surface area (TPSA) is 115 Å². The first-order valence-corrected chi connectivity index (χ1v) is 9.49. The van der Waals surface area contributed by atoms with Crippen LogP contribution in [0.3, 0.4) is 0 Å². The third kappa shape index (κ3) is 4.32. The molecule has 2 aliphatic rings. The summed E-state index contributed by atoms with van der Waals surface area (Å²) in [5, 5.41) is 18.4. The zero-order valence-corrected chi connectivity index (χ0v) is 15.5. The number of hydrogen-bond donors (Lipinski definition) is 2. The molecule has 0 aliphatic carbocycles. The van der Waals surface area contributed by atoms with Gasteiger partial charge in [-0.05, 0) is 36.8 Å². The van der Waals surface area contributed by atoms with Crippen LogP contribution in [0, 0.1) is 0 Å². The number of carboxylic acid groups (broad SMARTS) is 2. The van der Waals surface area contributed by atoms with Crippen LogP contribution in [0.4, 0.5) is 0 Å². The molecule has 0 saturated carbocycles. The van der Waals surface area contributed by atoms with Gasteiger partial charge in [0, 0.05) is 13.1 Å². The quantitative estimate of drug-likeness (QED) is 0.749. The maximum absolute atomic E-state index is 12.4. The summed E-state index contributed by atoms with van der Waals surface area (Å²) in [5.41, 5.74) is 1.50. The number of carboxylic acids is 2. The fourth-order valence-corrected chi connectivity index (χ4v) is 3.97. The second-order valence-electron chi connectivity index (χ2n) is 7.34. The van der Waals surface area contributed by atoms with Crippen molar-refractivity contribution >= 4 is 23.8 Å². The van der Waals surface area contributed by atoms with Gasteiger partial charge in [-0.25, -0.2) is 9.59 Å². The van der Waals surface area contributed by atoms with Gasteiger partial charge < -0.3 is 20.0 Å². The van der Waals surface area contributed by atoms with E-state index in [9.17, 15) is 29.4 Å². The molecule has 8 heteroatoms. The fraction of sp³-hybridized carbons (Fsp3) is 0.500. The standard InChI is InChI=1S/C20H24N2O6/c23-17(21-9-1-3-15(21)19(25)26)11-13-5-7-14(8-6-13)12-18(24)22-10-2-4-16(22)20(27)28/h5-8,15-16H,1-4,9-12H2,(H,25,26)(H,27,28). The van der Waals surface area contributed by atoms with Crippen molar-refractivity contribution in [3.8, 4) is 0 Å². The Bertz CT molecular complexity index is 710. The van der Waals surface area contributed by atoms with Crippen LogP contribution < -0.4 is 0 Å². The van der Waals surface area contributed by atoms with Crippen molar-refractivity contribution in [2.45, 2.75) is 50.6 Å². The number of aliphatic carboxylic acids is 2. The molecule has 3 rings (SSSR count). The van der Waals surface area contributed by atoms with Gasteiger partial charge in [0.1, 0.15) is 12.1 Å². The minimum absolute atomic E-state index is 0.116. The lowest BCUT2D eigenvalue weighted by molar-refractivity contribution is -0.148. The number of likely N-dealkylation sites (tertiary alicyclic amines) is 2. The highest BCUT2D eigenvalue weighted by Crippen LogP contribution is 2.21. The van der Waals surface area contributed by atoms with E-state index in [1.165, 1.54) is 9.80 Å². The largest absolute Gasteiger partial charge is 0.480 e. The number of carbonyl (C=O) groups is 4. The molecule has 0 aromatic heterocycles. The van der Waals surface area contributed by atoms with E-state index in [2.05, 4.69) is 0 Å². The zero-order valence-electron chi connectivity index (χ0n) is 15.5. The van der Waals surface area contributed by atoms with E-state index in [0.717, 1.165) is 11.1 Å². The van der Waals surface area contributed by atoms with E-state index in [1.807, 2.05) is 0 Å². The van der Waals surface area contributed by atoms with Gasteiger partial charge in [0.05, 0.1) is 12.8 Å². The Morgan fingerprint density at radius 3 is 1.43 bits per heavy atom. The highest BCUT2D eigenvalue weighted by Gasteiger charge is 2.34. The van der Waals surface area contributed by atoms with Crippen LogP contribution in [-0.4, -0.2) is 68.9 Å². The highest BCUT2D eigenvalue weighted by molar-refractivity contribution is 5.86. The molecule has 1 aromatic rings. The van der Waals surface area contributed by atoms with Crippen molar-refractivity contribution in [2.75, 3.05) is 13.1 Å². The van der Waals surface area contributed by atoms with E-state index in [1.54, 1.807) is 24.3 Å². The van der Waals surface area contributed by atoms with Crippen molar-refractivity contribution in [1.29, 1.82) is 0 Å². The zero-order chi connectivity index (χ0) is 20.3. The lowest BCUT2D eigenvalue weighted by Crippen LogP contribution is -2.41. The van der Waals surface area contributed by atoms with E-state index >= 15 is 0 Å². The molecule has 0 bridgehead atoms. The third-order valence-electron chi connectivity index (χ3n) is 5.45. The number of benzene rings is 1. The lowest BCUT2D eigenvalue weighted by Gasteiger charge is -2.22. The van der Waals surface area contributed by atoms with Gasteiger partial charge in [-0.1, -0.05) is 24.3 Å². The molecule has 2 aliphatic heterocycles. The number of nitrogens with zero attached hydrogens (tertiary/aromatic N) is 2. The summed E-state index contributed by atoms with van der Waals surface area (Å²) in [6, 6.07) is 5.53. The molecule has 150 valence electrons. The van der Waals surface area contributed by atoms with Gasteiger partial charge >= 0.3 is 11.9 Å². The van der Waals surface area contributed by atoms with E-state index in [0.29, 0.717) is 38.8 Å². The summed E-state index contributed by atoms with van der Waals surface area (Å²) >= 11 is 0. The van der Waals surface area contributed by atoms with Crippen LogP contribution in [0.1, 0.15) is 36.8 Å². The summed E-state index contributed by atoms with van der Waals surface area (Å²) < 4.78 is 0. The minimum atomic E-state index is -0.971. The molecule has 8 nitrogen and oxygen atoms in total. The summed E-state index contributed by atoms with van der Waals surface area (Å²) in [6.45, 7) is 0.923. The van der Waals surface area contributed by atoms with Gasteiger partial charge in [0.25, 0.3) is 0 Å². The fourth-order valence-electron chi connectivity index (χ4n) is 3.97. The average Bonchev–Trinajstić information content (AvgIpc) is 3.33. The van der Waals surface area contributed by atoms with Crippen LogP contribution in [-0.2, 0) is 32.0 Å².